The van der Waals surface area contributed by atoms with Gasteiger partial charge in [0.1, 0.15) is 5.03 Å². The van der Waals surface area contributed by atoms with Crippen LogP contribution in [0.1, 0.15) is 0 Å². The molecule has 1 heterocycles. The number of hydrogen-bond acceptors (Lipinski definition) is 4. The highest BCUT2D eigenvalue weighted by Gasteiger charge is 2.04. The zero-order chi connectivity index (χ0) is 9.14. The molecule has 0 aliphatic carbocycles. The van der Waals surface area contributed by atoms with E-state index in [1.54, 1.807) is 13.1 Å². The third-order valence-electron chi connectivity index (χ3n) is 1.44. The van der Waals surface area contributed by atoms with Crippen LogP contribution in [-0.4, -0.2) is 23.1 Å². The normalized spacial score (nSPS) is 9.92. The van der Waals surface area contributed by atoms with Gasteiger partial charge in [0.05, 0.1) is 7.11 Å². The van der Waals surface area contributed by atoms with Crippen molar-refractivity contribution in [1.82, 2.24) is 9.78 Å². The van der Waals surface area contributed by atoms with E-state index < -0.39 is 0 Å². The van der Waals surface area contributed by atoms with Crippen LogP contribution in [0.25, 0.3) is 0 Å². The Morgan fingerprint density at radius 3 is 2.83 bits per heavy atom. The largest absolute Gasteiger partial charge is 0.491 e. The minimum Gasteiger partial charge on any atom is -0.491 e. The summed E-state index contributed by atoms with van der Waals surface area (Å²) in [5.41, 5.74) is -0.213. The molecule has 0 amide bonds. The van der Waals surface area contributed by atoms with Crippen LogP contribution in [0.15, 0.2) is 15.9 Å². The fourth-order valence-electron chi connectivity index (χ4n) is 0.801. The second-order valence-corrected chi connectivity index (χ2v) is 3.01. The van der Waals surface area contributed by atoms with Crippen LogP contribution in [0.5, 0.6) is 5.75 Å². The molecule has 0 N–H and O–H groups in total. The second kappa shape index (κ2) is 3.62. The summed E-state index contributed by atoms with van der Waals surface area (Å²) < 4.78 is 6.15. The van der Waals surface area contributed by atoms with Gasteiger partial charge in [-0.25, -0.2) is 4.68 Å². The molecule has 1 rings (SSSR count). The molecule has 0 saturated carbocycles. The Morgan fingerprint density at radius 2 is 2.33 bits per heavy atom. The molecule has 0 radical (unpaired) electrons. The summed E-state index contributed by atoms with van der Waals surface area (Å²) in [5.74, 6) is 0.330. The molecule has 66 valence electrons. The van der Waals surface area contributed by atoms with Crippen molar-refractivity contribution in [1.29, 1.82) is 0 Å². The van der Waals surface area contributed by atoms with Gasteiger partial charge in [0.2, 0.25) is 0 Å². The summed E-state index contributed by atoms with van der Waals surface area (Å²) in [5, 5.41) is 4.76. The first-order valence-electron chi connectivity index (χ1n) is 3.35. The molecule has 0 spiro atoms. The van der Waals surface area contributed by atoms with Crippen molar-refractivity contribution < 1.29 is 4.74 Å². The molecular formula is C7H10N2O2S. The Hall–Kier alpha value is -0.970. The molecule has 0 aliphatic rings. The summed E-state index contributed by atoms with van der Waals surface area (Å²) in [6.45, 7) is 0. The second-order valence-electron chi connectivity index (χ2n) is 2.18. The third-order valence-corrected chi connectivity index (χ3v) is 2.05. The van der Waals surface area contributed by atoms with Crippen molar-refractivity contribution in [3.63, 3.8) is 0 Å². The van der Waals surface area contributed by atoms with E-state index in [1.807, 2.05) is 6.26 Å². The summed E-state index contributed by atoms with van der Waals surface area (Å²) in [6.07, 6.45) is 1.90. The fourth-order valence-corrected chi connectivity index (χ4v) is 1.23. The zero-order valence-corrected chi connectivity index (χ0v) is 8.01. The maximum Gasteiger partial charge on any atom is 0.308 e. The number of aryl methyl sites for hydroxylation is 1. The van der Waals surface area contributed by atoms with Crippen LogP contribution in [-0.2, 0) is 7.05 Å². The Labute approximate surface area is 74.5 Å². The van der Waals surface area contributed by atoms with Crippen molar-refractivity contribution in [2.24, 2.45) is 7.05 Å². The summed E-state index contributed by atoms with van der Waals surface area (Å²) in [6, 6.07) is 1.63. The molecule has 1 aromatic rings. The lowest BCUT2D eigenvalue weighted by atomic mass is 10.5. The van der Waals surface area contributed by atoms with Gasteiger partial charge in [0.25, 0.3) is 0 Å². The van der Waals surface area contributed by atoms with E-state index in [9.17, 15) is 4.79 Å². The first kappa shape index (κ1) is 9.12. The summed E-state index contributed by atoms with van der Waals surface area (Å²) >= 11 is 1.47. The third kappa shape index (κ3) is 1.61. The van der Waals surface area contributed by atoms with Gasteiger partial charge in [-0.05, 0) is 6.26 Å². The minimum absolute atomic E-state index is 0.213. The Morgan fingerprint density at radius 1 is 1.67 bits per heavy atom. The Bertz CT molecular complexity index is 335. The van der Waals surface area contributed by atoms with Gasteiger partial charge in [-0.3, -0.25) is 4.79 Å². The average Bonchev–Trinajstić information content (AvgIpc) is 2.09. The number of thioether (sulfide) groups is 1. The molecule has 4 nitrogen and oxygen atoms in total. The van der Waals surface area contributed by atoms with E-state index in [4.69, 9.17) is 4.74 Å². The highest BCUT2D eigenvalue weighted by molar-refractivity contribution is 7.98. The maximum absolute atomic E-state index is 11.2. The fraction of sp³-hybridized carbons (Fsp3) is 0.429. The van der Waals surface area contributed by atoms with Crippen LogP contribution >= 0.6 is 11.8 Å². The lowest BCUT2D eigenvalue weighted by molar-refractivity contribution is 0.397. The van der Waals surface area contributed by atoms with Crippen LogP contribution < -0.4 is 10.3 Å². The van der Waals surface area contributed by atoms with Crippen LogP contribution in [0.4, 0.5) is 0 Å². The van der Waals surface area contributed by atoms with E-state index in [0.29, 0.717) is 5.75 Å². The zero-order valence-electron chi connectivity index (χ0n) is 7.20. The van der Waals surface area contributed by atoms with E-state index >= 15 is 0 Å². The van der Waals surface area contributed by atoms with Gasteiger partial charge in [-0.2, -0.15) is 5.10 Å². The van der Waals surface area contributed by atoms with Gasteiger partial charge >= 0.3 is 5.56 Å². The number of hydrogen-bond donors (Lipinski definition) is 0. The first-order valence-corrected chi connectivity index (χ1v) is 4.58. The highest BCUT2D eigenvalue weighted by Crippen LogP contribution is 2.13. The van der Waals surface area contributed by atoms with Gasteiger partial charge in [0, 0.05) is 13.1 Å². The maximum atomic E-state index is 11.2. The molecule has 12 heavy (non-hydrogen) atoms. The number of ether oxygens (including phenoxy) is 1. The van der Waals surface area contributed by atoms with Crippen molar-refractivity contribution in [3.05, 3.63) is 16.4 Å². The van der Waals surface area contributed by atoms with Crippen LogP contribution in [0.3, 0.4) is 0 Å². The molecular weight excluding hydrogens is 176 g/mol. The Balaban J connectivity index is 3.29. The standard InChI is InChI=1S/C7H10N2O2S/c1-9-7(10)5(11-2)4-6(8-9)12-3/h4H,1-3H3. The molecule has 0 saturated heterocycles. The first-order chi connectivity index (χ1) is 5.69. The molecule has 1 aromatic heterocycles. The van der Waals surface area contributed by atoms with Gasteiger partial charge < -0.3 is 4.74 Å². The van der Waals surface area contributed by atoms with Crippen LogP contribution in [0.2, 0.25) is 0 Å². The average molecular weight is 186 g/mol. The SMILES string of the molecule is COc1cc(SC)nn(C)c1=O. The van der Waals surface area contributed by atoms with E-state index in [1.165, 1.54) is 23.6 Å². The van der Waals surface area contributed by atoms with Crippen molar-refractivity contribution >= 4 is 11.8 Å². The topological polar surface area (TPSA) is 44.1 Å². The monoisotopic (exact) mass is 186 g/mol. The minimum atomic E-state index is -0.213. The summed E-state index contributed by atoms with van der Waals surface area (Å²) in [7, 11) is 3.07. The molecule has 0 fully saturated rings. The Kier molecular flexibility index (Phi) is 2.75. The number of methoxy groups -OCH3 is 1. The van der Waals surface area contributed by atoms with Crippen molar-refractivity contribution in [3.8, 4) is 5.75 Å². The molecule has 0 aliphatic heterocycles. The number of aromatic nitrogens is 2. The lowest BCUT2D eigenvalue weighted by Gasteiger charge is -2.03. The van der Waals surface area contributed by atoms with Crippen molar-refractivity contribution in [2.45, 2.75) is 5.03 Å². The van der Waals surface area contributed by atoms with Gasteiger partial charge in [0.15, 0.2) is 5.75 Å². The lowest BCUT2D eigenvalue weighted by Crippen LogP contribution is -2.21. The van der Waals surface area contributed by atoms with E-state index in [0.717, 1.165) is 5.03 Å². The molecule has 0 aromatic carbocycles. The molecule has 0 atom stereocenters. The van der Waals surface area contributed by atoms with Crippen LogP contribution in [0, 0.1) is 0 Å². The molecule has 0 bridgehead atoms. The summed E-state index contributed by atoms with van der Waals surface area (Å²) in [4.78, 5) is 11.2. The number of rotatable bonds is 2. The quantitative estimate of drug-likeness (QED) is 0.631. The van der Waals surface area contributed by atoms with E-state index in [2.05, 4.69) is 5.10 Å². The molecule has 5 heteroatoms. The number of nitrogens with zero attached hydrogens (tertiary/aromatic N) is 2. The predicted octanol–water partition coefficient (Wildman–Crippen LogP) is 0.511. The van der Waals surface area contributed by atoms with Gasteiger partial charge in [-0.1, -0.05) is 0 Å². The molecule has 0 unspecified atom stereocenters. The predicted molar refractivity (Wildman–Crippen MR) is 47.8 cm³/mol. The van der Waals surface area contributed by atoms with E-state index in [-0.39, 0.29) is 5.56 Å². The van der Waals surface area contributed by atoms with Gasteiger partial charge in [-0.15, -0.1) is 11.8 Å². The smallest absolute Gasteiger partial charge is 0.308 e. The highest BCUT2D eigenvalue weighted by atomic mass is 32.2. The van der Waals surface area contributed by atoms with Crippen molar-refractivity contribution in [2.75, 3.05) is 13.4 Å².